The van der Waals surface area contributed by atoms with Crippen molar-refractivity contribution in [2.45, 2.75) is 51.3 Å². The van der Waals surface area contributed by atoms with Crippen LogP contribution >= 0.6 is 0 Å². The second-order valence-electron chi connectivity index (χ2n) is 4.78. The van der Waals surface area contributed by atoms with Crippen molar-refractivity contribution in [3.05, 3.63) is 0 Å². The molecule has 3 unspecified atom stereocenters. The van der Waals surface area contributed by atoms with E-state index in [9.17, 15) is 9.00 Å². The topological polar surface area (TPSA) is 49.4 Å². The van der Waals surface area contributed by atoms with Gasteiger partial charge in [-0.25, -0.2) is 0 Å². The smallest absolute Gasteiger partial charge is 0.235 e. The van der Waals surface area contributed by atoms with Gasteiger partial charge in [-0.2, -0.15) is 0 Å². The minimum atomic E-state index is -1.00. The lowest BCUT2D eigenvalue weighted by molar-refractivity contribution is -0.128. The Kier molecular flexibility index (Phi) is 6.86. The van der Waals surface area contributed by atoms with Gasteiger partial charge in [0.15, 0.2) is 0 Å². The van der Waals surface area contributed by atoms with E-state index in [2.05, 4.69) is 12.2 Å². The van der Waals surface area contributed by atoms with E-state index in [-0.39, 0.29) is 16.9 Å². The fourth-order valence-corrected chi connectivity index (χ4v) is 4.07. The molecule has 1 amide bonds. The van der Waals surface area contributed by atoms with Crippen molar-refractivity contribution < 1.29 is 9.00 Å². The van der Waals surface area contributed by atoms with E-state index < -0.39 is 10.8 Å². The van der Waals surface area contributed by atoms with Gasteiger partial charge in [0.25, 0.3) is 0 Å². The van der Waals surface area contributed by atoms with Gasteiger partial charge in [-0.3, -0.25) is 9.00 Å². The highest BCUT2D eigenvalue weighted by molar-refractivity contribution is 7.86. The van der Waals surface area contributed by atoms with Crippen molar-refractivity contribution >= 4 is 16.7 Å². The standard InChI is InChI=1S/C13H26N2O2S/c1-4-14-11-7-8-12(9-11)18(17)10-13(16)15(5-2)6-3/h11-12,14H,4-10H2,1-3H3. The van der Waals surface area contributed by atoms with E-state index in [4.69, 9.17) is 0 Å². The summed E-state index contributed by atoms with van der Waals surface area (Å²) in [5.41, 5.74) is 0. The molecule has 18 heavy (non-hydrogen) atoms. The van der Waals surface area contributed by atoms with Crippen LogP contribution in [0.4, 0.5) is 0 Å². The Morgan fingerprint density at radius 2 is 1.94 bits per heavy atom. The predicted octanol–water partition coefficient (Wildman–Crippen LogP) is 1.13. The van der Waals surface area contributed by atoms with Gasteiger partial charge in [0.05, 0.1) is 0 Å². The van der Waals surface area contributed by atoms with Crippen LogP contribution in [0.25, 0.3) is 0 Å². The van der Waals surface area contributed by atoms with Crippen LogP contribution in [-0.4, -0.2) is 51.7 Å². The van der Waals surface area contributed by atoms with Crippen molar-refractivity contribution in [3.63, 3.8) is 0 Å². The monoisotopic (exact) mass is 274 g/mol. The zero-order valence-electron chi connectivity index (χ0n) is 11.8. The highest BCUT2D eigenvalue weighted by atomic mass is 32.2. The molecule has 1 saturated carbocycles. The van der Waals surface area contributed by atoms with Crippen LogP contribution in [0.15, 0.2) is 0 Å². The quantitative estimate of drug-likeness (QED) is 0.757. The first-order valence-corrected chi connectivity index (χ1v) is 8.38. The zero-order valence-corrected chi connectivity index (χ0v) is 12.6. The molecule has 0 aromatic rings. The number of amides is 1. The molecule has 4 nitrogen and oxygen atoms in total. The number of carbonyl (C=O) groups is 1. The maximum Gasteiger partial charge on any atom is 0.235 e. The normalized spacial score (nSPS) is 25.1. The summed E-state index contributed by atoms with van der Waals surface area (Å²) in [6.45, 7) is 8.38. The van der Waals surface area contributed by atoms with Crippen LogP contribution in [0, 0.1) is 0 Å². The molecule has 0 heterocycles. The number of nitrogens with one attached hydrogen (secondary N) is 1. The largest absolute Gasteiger partial charge is 0.342 e. The molecule has 0 aromatic carbocycles. The van der Waals surface area contributed by atoms with Crippen LogP contribution in [0.3, 0.4) is 0 Å². The summed E-state index contributed by atoms with van der Waals surface area (Å²) < 4.78 is 12.2. The Balaban J connectivity index is 2.40. The molecule has 1 rings (SSSR count). The summed E-state index contributed by atoms with van der Waals surface area (Å²) in [6, 6.07) is 0.493. The van der Waals surface area contributed by atoms with E-state index in [1.54, 1.807) is 4.90 Å². The van der Waals surface area contributed by atoms with Gasteiger partial charge in [0.1, 0.15) is 5.75 Å². The number of rotatable bonds is 7. The van der Waals surface area contributed by atoms with Gasteiger partial charge in [-0.1, -0.05) is 6.92 Å². The molecule has 1 N–H and O–H groups in total. The Labute approximate surface area is 113 Å². The van der Waals surface area contributed by atoms with E-state index >= 15 is 0 Å². The number of nitrogens with zero attached hydrogens (tertiary/aromatic N) is 1. The van der Waals surface area contributed by atoms with E-state index in [1.807, 2.05) is 13.8 Å². The minimum Gasteiger partial charge on any atom is -0.342 e. The third-order valence-corrected chi connectivity index (χ3v) is 5.33. The third kappa shape index (κ3) is 4.35. The lowest BCUT2D eigenvalue weighted by Crippen LogP contribution is -2.36. The first-order valence-electron chi connectivity index (χ1n) is 7.00. The van der Waals surface area contributed by atoms with E-state index in [0.717, 1.165) is 25.8 Å². The molecule has 106 valence electrons. The van der Waals surface area contributed by atoms with Gasteiger partial charge in [0, 0.05) is 35.2 Å². The molecule has 0 spiro atoms. The molecule has 3 atom stereocenters. The second-order valence-corrected chi connectivity index (χ2v) is 6.50. The van der Waals surface area contributed by atoms with Crippen molar-refractivity contribution in [1.82, 2.24) is 10.2 Å². The first-order chi connectivity index (χ1) is 8.62. The Hall–Kier alpha value is -0.420. The van der Waals surface area contributed by atoms with Crippen molar-refractivity contribution in [2.24, 2.45) is 0 Å². The molecule has 0 aromatic heterocycles. The van der Waals surface area contributed by atoms with Crippen LogP contribution in [0.2, 0.25) is 0 Å². The Morgan fingerprint density at radius 3 is 2.50 bits per heavy atom. The fourth-order valence-electron chi connectivity index (χ4n) is 2.56. The van der Waals surface area contributed by atoms with E-state index in [1.165, 1.54) is 0 Å². The zero-order chi connectivity index (χ0) is 13.5. The molecular weight excluding hydrogens is 248 g/mol. The third-order valence-electron chi connectivity index (χ3n) is 3.63. The maximum atomic E-state index is 12.2. The summed E-state index contributed by atoms with van der Waals surface area (Å²) in [5.74, 6) is 0.232. The van der Waals surface area contributed by atoms with Crippen LogP contribution < -0.4 is 5.32 Å². The Bertz CT molecular complexity index is 293. The average molecular weight is 274 g/mol. The SMILES string of the molecule is CCNC1CCC(S(=O)CC(=O)N(CC)CC)C1. The molecule has 0 saturated heterocycles. The predicted molar refractivity (Wildman–Crippen MR) is 76.0 cm³/mol. The van der Waals surface area contributed by atoms with Crippen LogP contribution in [-0.2, 0) is 15.6 Å². The summed E-state index contributed by atoms with van der Waals surface area (Å²) in [5, 5.41) is 3.60. The Morgan fingerprint density at radius 1 is 1.28 bits per heavy atom. The lowest BCUT2D eigenvalue weighted by Gasteiger charge is -2.19. The molecule has 1 aliphatic rings. The van der Waals surface area contributed by atoms with Crippen LogP contribution in [0.1, 0.15) is 40.0 Å². The van der Waals surface area contributed by atoms with Gasteiger partial charge in [-0.15, -0.1) is 0 Å². The minimum absolute atomic E-state index is 0.0326. The molecule has 0 bridgehead atoms. The summed E-state index contributed by atoms with van der Waals surface area (Å²) in [6.07, 6.45) is 3.02. The number of carbonyl (C=O) groups excluding carboxylic acids is 1. The first kappa shape index (κ1) is 15.6. The molecule has 1 aliphatic carbocycles. The highest BCUT2D eigenvalue weighted by Gasteiger charge is 2.29. The van der Waals surface area contributed by atoms with Crippen molar-refractivity contribution in [2.75, 3.05) is 25.4 Å². The van der Waals surface area contributed by atoms with Gasteiger partial charge < -0.3 is 10.2 Å². The average Bonchev–Trinajstić information content (AvgIpc) is 2.79. The maximum absolute atomic E-state index is 12.2. The van der Waals surface area contributed by atoms with Crippen LogP contribution in [0.5, 0.6) is 0 Å². The van der Waals surface area contributed by atoms with Gasteiger partial charge in [0.2, 0.25) is 5.91 Å². The molecular formula is C13H26N2O2S. The molecule has 5 heteroatoms. The van der Waals surface area contributed by atoms with Gasteiger partial charge in [-0.05, 0) is 39.7 Å². The van der Waals surface area contributed by atoms with Crippen molar-refractivity contribution in [3.8, 4) is 0 Å². The molecule has 1 fully saturated rings. The molecule has 0 aliphatic heterocycles. The lowest BCUT2D eigenvalue weighted by atomic mass is 10.2. The molecule has 0 radical (unpaired) electrons. The fraction of sp³-hybridized carbons (Fsp3) is 0.923. The number of hydrogen-bond acceptors (Lipinski definition) is 3. The second kappa shape index (κ2) is 7.89. The van der Waals surface area contributed by atoms with E-state index in [0.29, 0.717) is 19.1 Å². The highest BCUT2D eigenvalue weighted by Crippen LogP contribution is 2.24. The summed E-state index contributed by atoms with van der Waals surface area (Å²) in [4.78, 5) is 13.7. The van der Waals surface area contributed by atoms with Crippen molar-refractivity contribution in [1.29, 1.82) is 0 Å². The van der Waals surface area contributed by atoms with Gasteiger partial charge >= 0.3 is 0 Å². The summed E-state index contributed by atoms with van der Waals surface area (Å²) in [7, 11) is -1.00. The summed E-state index contributed by atoms with van der Waals surface area (Å²) >= 11 is 0. The number of hydrogen-bond donors (Lipinski definition) is 1.